The Morgan fingerprint density at radius 3 is 2.64 bits per heavy atom. The molecule has 0 aliphatic rings. The topological polar surface area (TPSA) is 38.7 Å². The first-order valence-corrected chi connectivity index (χ1v) is 7.74. The van der Waals surface area contributed by atoms with Gasteiger partial charge in [-0.3, -0.25) is 4.99 Å². The van der Waals surface area contributed by atoms with Gasteiger partial charge in [0, 0.05) is 16.8 Å². The van der Waals surface area contributed by atoms with Crippen LogP contribution in [-0.4, -0.2) is 18.3 Å². The molecule has 0 N–H and O–H groups in total. The number of halogens is 1. The highest BCUT2D eigenvalue weighted by Gasteiger charge is 2.15. The number of hydrogen-bond donors (Lipinski definition) is 0. The maximum absolute atomic E-state index is 12.1. The van der Waals surface area contributed by atoms with E-state index >= 15 is 0 Å². The van der Waals surface area contributed by atoms with Gasteiger partial charge in [0.25, 0.3) is 0 Å². The molecule has 1 rings (SSSR count). The maximum Gasteiger partial charge on any atom is 0.338 e. The number of benzene rings is 1. The van der Waals surface area contributed by atoms with Crippen LogP contribution in [0.4, 0.5) is 0 Å². The normalized spacial score (nSPS) is 12.8. The summed E-state index contributed by atoms with van der Waals surface area (Å²) in [5.74, 6) is -0.395. The van der Waals surface area contributed by atoms with Crippen molar-refractivity contribution in [3.05, 3.63) is 58.3 Å². The third-order valence-electron chi connectivity index (χ3n) is 3.06. The number of rotatable bonds is 6. The highest BCUT2D eigenvalue weighted by atomic mass is 35.5. The van der Waals surface area contributed by atoms with E-state index in [1.54, 1.807) is 25.1 Å². The maximum atomic E-state index is 12.1. The summed E-state index contributed by atoms with van der Waals surface area (Å²) in [7, 11) is 0. The lowest BCUT2D eigenvalue weighted by molar-refractivity contribution is 0.0526. The Morgan fingerprint density at radius 2 is 2.05 bits per heavy atom. The van der Waals surface area contributed by atoms with E-state index in [2.05, 4.69) is 11.9 Å². The minimum absolute atomic E-state index is 0.315. The summed E-state index contributed by atoms with van der Waals surface area (Å²) < 4.78 is 5.11. The van der Waals surface area contributed by atoms with Crippen LogP contribution in [0, 0.1) is 0 Å². The number of aliphatic imine (C=N–C) groups is 1. The molecule has 0 saturated carbocycles. The highest BCUT2D eigenvalue weighted by Crippen LogP contribution is 2.19. The summed E-state index contributed by atoms with van der Waals surface area (Å²) in [4.78, 5) is 16.6. The molecule has 0 heterocycles. The number of carbonyl (C=O) groups excluding carboxylic acids is 1. The van der Waals surface area contributed by atoms with Crippen molar-refractivity contribution >= 4 is 23.3 Å². The monoisotopic (exact) mass is 319 g/mol. The first-order chi connectivity index (χ1) is 10.5. The molecule has 0 bridgehead atoms. The molecule has 0 atom stereocenters. The Labute approximate surface area is 137 Å². The molecule has 22 heavy (non-hydrogen) atoms. The third kappa shape index (κ3) is 5.15. The summed E-state index contributed by atoms with van der Waals surface area (Å²) in [5, 5.41) is 0.493. The number of hydrogen-bond acceptors (Lipinski definition) is 3. The van der Waals surface area contributed by atoms with E-state index in [0.717, 1.165) is 12.0 Å². The molecule has 1 aromatic rings. The van der Waals surface area contributed by atoms with Crippen molar-refractivity contribution in [1.29, 1.82) is 0 Å². The Balaban J connectivity index is 3.39. The van der Waals surface area contributed by atoms with Crippen LogP contribution in [0.5, 0.6) is 0 Å². The fourth-order valence-electron chi connectivity index (χ4n) is 1.75. The fraction of sp³-hybridized carbons (Fsp3) is 0.333. The van der Waals surface area contributed by atoms with Gasteiger partial charge in [-0.1, -0.05) is 36.2 Å². The molecule has 0 spiro atoms. The Hall–Kier alpha value is -1.87. The van der Waals surface area contributed by atoms with Crippen LogP contribution in [0.15, 0.2) is 47.1 Å². The first kappa shape index (κ1) is 18.2. The van der Waals surface area contributed by atoms with Gasteiger partial charge in [0.2, 0.25) is 0 Å². The predicted molar refractivity (Wildman–Crippen MR) is 92.8 cm³/mol. The van der Waals surface area contributed by atoms with E-state index in [9.17, 15) is 4.79 Å². The van der Waals surface area contributed by atoms with Gasteiger partial charge in [0.1, 0.15) is 0 Å². The Morgan fingerprint density at radius 1 is 1.32 bits per heavy atom. The number of carbonyl (C=O) groups is 1. The van der Waals surface area contributed by atoms with E-state index in [4.69, 9.17) is 16.3 Å². The standard InChI is InChI=1S/C18H22ClNO2/c1-5-8-17(20-12-13(4)6-2)15-10-9-14(19)11-16(15)18(21)22-7-3/h5,8-12H,6-7H2,1-4H3/b8-5-,13-12?,20-17?. The molecule has 3 nitrogen and oxygen atoms in total. The van der Waals surface area contributed by atoms with Gasteiger partial charge < -0.3 is 4.74 Å². The quantitative estimate of drug-likeness (QED) is 0.534. The van der Waals surface area contributed by atoms with Gasteiger partial charge in [-0.05, 0) is 45.4 Å². The third-order valence-corrected chi connectivity index (χ3v) is 3.29. The molecule has 0 aromatic heterocycles. The lowest BCUT2D eigenvalue weighted by Crippen LogP contribution is -2.11. The number of allylic oxidation sites excluding steroid dienone is 3. The summed E-state index contributed by atoms with van der Waals surface area (Å²) in [6, 6.07) is 5.15. The van der Waals surface area contributed by atoms with Crippen molar-refractivity contribution in [3.63, 3.8) is 0 Å². The van der Waals surface area contributed by atoms with Crippen molar-refractivity contribution in [3.8, 4) is 0 Å². The fourth-order valence-corrected chi connectivity index (χ4v) is 1.92. The number of ether oxygens (including phenoxy) is 1. The van der Waals surface area contributed by atoms with Crippen LogP contribution in [0.1, 0.15) is 50.0 Å². The molecule has 0 fully saturated rings. The van der Waals surface area contributed by atoms with Gasteiger partial charge in [-0.25, -0.2) is 4.79 Å². The van der Waals surface area contributed by atoms with Crippen molar-refractivity contribution in [2.45, 2.75) is 34.1 Å². The van der Waals surface area contributed by atoms with Crippen LogP contribution in [0.2, 0.25) is 5.02 Å². The van der Waals surface area contributed by atoms with E-state index in [-0.39, 0.29) is 0 Å². The second kappa shape index (κ2) is 9.21. The Kier molecular flexibility index (Phi) is 7.61. The molecular weight excluding hydrogens is 298 g/mol. The molecule has 0 radical (unpaired) electrons. The van der Waals surface area contributed by atoms with Gasteiger partial charge >= 0.3 is 5.97 Å². The zero-order valence-corrected chi connectivity index (χ0v) is 14.3. The van der Waals surface area contributed by atoms with Crippen molar-refractivity contribution in [2.75, 3.05) is 6.61 Å². The summed E-state index contributed by atoms with van der Waals surface area (Å²) in [6.07, 6.45) is 6.50. The average Bonchev–Trinajstić information content (AvgIpc) is 2.51. The summed E-state index contributed by atoms with van der Waals surface area (Å²) in [6.45, 7) is 8.09. The average molecular weight is 320 g/mol. The number of nitrogens with zero attached hydrogens (tertiary/aromatic N) is 1. The first-order valence-electron chi connectivity index (χ1n) is 7.36. The molecule has 118 valence electrons. The molecule has 0 aliphatic carbocycles. The summed E-state index contributed by atoms with van der Waals surface area (Å²) >= 11 is 6.02. The molecular formula is C18H22ClNO2. The van der Waals surface area contributed by atoms with E-state index in [0.29, 0.717) is 28.5 Å². The summed E-state index contributed by atoms with van der Waals surface area (Å²) in [5.41, 5.74) is 3.00. The van der Waals surface area contributed by atoms with Gasteiger partial charge in [-0.2, -0.15) is 0 Å². The minimum atomic E-state index is -0.395. The van der Waals surface area contributed by atoms with E-state index < -0.39 is 5.97 Å². The molecule has 0 saturated heterocycles. The van der Waals surface area contributed by atoms with Crippen LogP contribution in [-0.2, 0) is 4.74 Å². The van der Waals surface area contributed by atoms with Gasteiger partial charge in [-0.15, -0.1) is 0 Å². The molecule has 0 aliphatic heterocycles. The SMILES string of the molecule is C/C=C\C(=NC=C(C)CC)c1ccc(Cl)cc1C(=O)OCC. The van der Waals surface area contributed by atoms with Crippen LogP contribution in [0.25, 0.3) is 0 Å². The van der Waals surface area contributed by atoms with Gasteiger partial charge in [0.15, 0.2) is 0 Å². The molecule has 0 amide bonds. The number of esters is 1. The van der Waals surface area contributed by atoms with Crippen molar-refractivity contribution < 1.29 is 9.53 Å². The van der Waals surface area contributed by atoms with Gasteiger partial charge in [0.05, 0.1) is 17.9 Å². The molecule has 0 unspecified atom stereocenters. The Bertz CT molecular complexity index is 616. The zero-order valence-electron chi connectivity index (χ0n) is 13.5. The van der Waals surface area contributed by atoms with E-state index in [1.807, 2.05) is 32.2 Å². The molecule has 1 aromatic carbocycles. The highest BCUT2D eigenvalue weighted by molar-refractivity contribution is 6.31. The van der Waals surface area contributed by atoms with Crippen molar-refractivity contribution in [2.24, 2.45) is 4.99 Å². The zero-order chi connectivity index (χ0) is 16.5. The lowest BCUT2D eigenvalue weighted by Gasteiger charge is -2.09. The second-order valence-electron chi connectivity index (χ2n) is 4.75. The van der Waals surface area contributed by atoms with Crippen molar-refractivity contribution in [1.82, 2.24) is 0 Å². The predicted octanol–water partition coefficient (Wildman–Crippen LogP) is 5.20. The lowest BCUT2D eigenvalue weighted by atomic mass is 10.0. The van der Waals surface area contributed by atoms with Crippen LogP contribution in [0.3, 0.4) is 0 Å². The second-order valence-corrected chi connectivity index (χ2v) is 5.19. The molecule has 4 heteroatoms. The largest absolute Gasteiger partial charge is 0.462 e. The van der Waals surface area contributed by atoms with E-state index in [1.165, 1.54) is 0 Å². The van der Waals surface area contributed by atoms with Crippen LogP contribution < -0.4 is 0 Å². The minimum Gasteiger partial charge on any atom is -0.462 e. The smallest absolute Gasteiger partial charge is 0.338 e. The van der Waals surface area contributed by atoms with Crippen LogP contribution >= 0.6 is 11.6 Å².